The van der Waals surface area contributed by atoms with Gasteiger partial charge in [-0.15, -0.1) is 0 Å². The van der Waals surface area contributed by atoms with E-state index < -0.39 is 46.6 Å². The second kappa shape index (κ2) is 10.6. The first-order chi connectivity index (χ1) is 19.5. The maximum absolute atomic E-state index is 14.5. The first kappa shape index (κ1) is 27.8. The highest BCUT2D eigenvalue weighted by Crippen LogP contribution is 2.35. The van der Waals surface area contributed by atoms with Crippen molar-refractivity contribution in [2.75, 3.05) is 11.6 Å². The van der Waals surface area contributed by atoms with Gasteiger partial charge in [0.15, 0.2) is 23.3 Å². The van der Waals surface area contributed by atoms with Crippen LogP contribution in [0.2, 0.25) is 0 Å². The van der Waals surface area contributed by atoms with Gasteiger partial charge in [0.1, 0.15) is 5.69 Å². The summed E-state index contributed by atoms with van der Waals surface area (Å²) in [6, 6.07) is 14.3. The molecule has 0 unspecified atom stereocenters. The number of aromatic nitrogens is 1. The number of benzene rings is 3. The summed E-state index contributed by atoms with van der Waals surface area (Å²) in [5.41, 5.74) is 1.99. The number of rotatable bonds is 6. The summed E-state index contributed by atoms with van der Waals surface area (Å²) in [5, 5.41) is 4.77. The Labute approximate surface area is 230 Å². The first-order valence-corrected chi connectivity index (χ1v) is 12.5. The smallest absolute Gasteiger partial charge is 0.338 e. The van der Waals surface area contributed by atoms with Crippen molar-refractivity contribution in [2.24, 2.45) is 5.10 Å². The van der Waals surface area contributed by atoms with E-state index in [2.05, 4.69) is 5.10 Å². The molecule has 0 fully saturated rings. The van der Waals surface area contributed by atoms with Crippen LogP contribution in [0.3, 0.4) is 0 Å². The van der Waals surface area contributed by atoms with Crippen LogP contribution in [-0.4, -0.2) is 28.8 Å². The molecule has 3 aromatic carbocycles. The highest BCUT2D eigenvalue weighted by molar-refractivity contribution is 6.32. The summed E-state index contributed by atoms with van der Waals surface area (Å²) in [5.74, 6) is -12.5. The molecule has 6 nitrogen and oxygen atoms in total. The zero-order valence-electron chi connectivity index (χ0n) is 22.1. The molecule has 0 atom stereocenters. The van der Waals surface area contributed by atoms with Crippen molar-refractivity contribution < 1.29 is 36.3 Å². The molecular weight excluding hydrogens is 545 g/mol. The average molecular weight is 568 g/mol. The molecule has 0 saturated carbocycles. The Balaban J connectivity index is 1.54. The Bertz CT molecular complexity index is 1760. The van der Waals surface area contributed by atoms with Gasteiger partial charge in [0.25, 0.3) is 5.91 Å². The molecule has 0 spiro atoms. The Hall–Kier alpha value is -4.80. The number of hydrogen-bond acceptors (Lipinski definition) is 4. The molecule has 5 rings (SSSR count). The van der Waals surface area contributed by atoms with Crippen molar-refractivity contribution in [1.82, 2.24) is 4.57 Å². The molecule has 4 aromatic rings. The monoisotopic (exact) mass is 567 g/mol. The van der Waals surface area contributed by atoms with E-state index in [9.17, 15) is 31.5 Å². The number of nitrogens with zero attached hydrogens (tertiary/aromatic N) is 3. The van der Waals surface area contributed by atoms with Gasteiger partial charge in [0.2, 0.25) is 5.82 Å². The molecule has 41 heavy (non-hydrogen) atoms. The third-order valence-corrected chi connectivity index (χ3v) is 6.84. The molecule has 0 bridgehead atoms. The molecule has 1 aliphatic heterocycles. The number of halogens is 5. The lowest BCUT2D eigenvalue weighted by Crippen LogP contribution is -2.25. The molecule has 1 amide bonds. The predicted molar refractivity (Wildman–Crippen MR) is 143 cm³/mol. The normalized spacial score (nSPS) is 14.3. The standard InChI is InChI=1S/C30H22F5N3O3/c1-4-41-30(40)18-11-9-17(10-12-18)14-37-16(3)21(19-7-5-6-8-22(19)37)13-20-15(2)36-38(29(20)39)28-26(34)24(32)23(31)25(33)27(28)35/h5-13H,4,14H2,1-3H3/b20-13-. The number of carbonyl (C=O) groups is 2. The van der Waals surface area contributed by atoms with Crippen molar-refractivity contribution in [1.29, 1.82) is 0 Å². The molecular formula is C30H22F5N3O3. The van der Waals surface area contributed by atoms with Gasteiger partial charge in [0.05, 0.1) is 23.5 Å². The molecule has 0 N–H and O–H groups in total. The fraction of sp³-hybridized carbons (Fsp3) is 0.167. The predicted octanol–water partition coefficient (Wildman–Crippen LogP) is 6.68. The largest absolute Gasteiger partial charge is 0.462 e. The average Bonchev–Trinajstić information content (AvgIpc) is 3.39. The quantitative estimate of drug-likeness (QED) is 0.0859. The van der Waals surface area contributed by atoms with Gasteiger partial charge in [0, 0.05) is 28.7 Å². The van der Waals surface area contributed by atoms with Gasteiger partial charge in [-0.1, -0.05) is 30.3 Å². The summed E-state index contributed by atoms with van der Waals surface area (Å²) in [6.07, 6.45) is 1.49. The second-order valence-electron chi connectivity index (χ2n) is 9.30. The highest BCUT2D eigenvalue weighted by Gasteiger charge is 2.37. The van der Waals surface area contributed by atoms with E-state index in [0.29, 0.717) is 17.7 Å². The van der Waals surface area contributed by atoms with Crippen LogP contribution in [-0.2, 0) is 16.1 Å². The minimum atomic E-state index is -2.33. The van der Waals surface area contributed by atoms with Gasteiger partial charge >= 0.3 is 5.97 Å². The lowest BCUT2D eigenvalue weighted by Gasteiger charge is -2.15. The summed E-state index contributed by atoms with van der Waals surface area (Å²) < 4.78 is 77.2. The van der Waals surface area contributed by atoms with Crippen LogP contribution in [0.5, 0.6) is 0 Å². The lowest BCUT2D eigenvalue weighted by molar-refractivity contribution is -0.114. The first-order valence-electron chi connectivity index (χ1n) is 12.5. The summed E-state index contributed by atoms with van der Waals surface area (Å²) in [7, 11) is 0. The van der Waals surface area contributed by atoms with E-state index in [4.69, 9.17) is 4.74 Å². The Morgan fingerprint density at radius 2 is 1.51 bits per heavy atom. The Morgan fingerprint density at radius 1 is 0.902 bits per heavy atom. The van der Waals surface area contributed by atoms with Crippen molar-refractivity contribution in [3.05, 3.63) is 106 Å². The highest BCUT2D eigenvalue weighted by atomic mass is 19.2. The summed E-state index contributed by atoms with van der Waals surface area (Å²) in [4.78, 5) is 25.2. The van der Waals surface area contributed by atoms with Crippen LogP contribution in [0, 0.1) is 36.0 Å². The second-order valence-corrected chi connectivity index (χ2v) is 9.30. The Kier molecular flexibility index (Phi) is 7.20. The SMILES string of the molecule is CCOC(=O)c1ccc(Cn2c(C)c(/C=C3\C(=O)N(c4c(F)c(F)c(F)c(F)c4F)N=C3C)c3ccccc32)cc1. The summed E-state index contributed by atoms with van der Waals surface area (Å²) >= 11 is 0. The van der Waals surface area contributed by atoms with Gasteiger partial charge in [-0.25, -0.2) is 26.7 Å². The van der Waals surface area contributed by atoms with Crippen LogP contribution in [0.25, 0.3) is 17.0 Å². The summed E-state index contributed by atoms with van der Waals surface area (Å²) in [6.45, 7) is 5.63. The van der Waals surface area contributed by atoms with E-state index in [0.717, 1.165) is 22.2 Å². The van der Waals surface area contributed by atoms with Crippen LogP contribution >= 0.6 is 0 Å². The molecule has 11 heteroatoms. The van der Waals surface area contributed by atoms with Crippen molar-refractivity contribution in [2.45, 2.75) is 27.3 Å². The molecule has 2 heterocycles. The number of fused-ring (bicyclic) bond motifs is 1. The minimum Gasteiger partial charge on any atom is -0.462 e. The van der Waals surface area contributed by atoms with Crippen molar-refractivity contribution in [3.63, 3.8) is 0 Å². The number of ether oxygens (including phenoxy) is 1. The minimum absolute atomic E-state index is 0.0322. The fourth-order valence-electron chi connectivity index (χ4n) is 4.75. The Morgan fingerprint density at radius 3 is 2.15 bits per heavy atom. The van der Waals surface area contributed by atoms with Gasteiger partial charge in [-0.2, -0.15) is 10.1 Å². The van der Waals surface area contributed by atoms with Crippen molar-refractivity contribution in [3.8, 4) is 0 Å². The van der Waals surface area contributed by atoms with Crippen LogP contribution in [0.4, 0.5) is 27.6 Å². The number of esters is 1. The van der Waals surface area contributed by atoms with Crippen LogP contribution in [0.1, 0.15) is 41.0 Å². The molecule has 1 aliphatic rings. The third kappa shape index (κ3) is 4.66. The number of anilines is 1. The zero-order valence-corrected chi connectivity index (χ0v) is 22.1. The zero-order chi connectivity index (χ0) is 29.6. The molecule has 1 aromatic heterocycles. The molecule has 0 radical (unpaired) electrons. The number of para-hydroxylation sites is 1. The van der Waals surface area contributed by atoms with E-state index in [-0.39, 0.29) is 22.9 Å². The van der Waals surface area contributed by atoms with Gasteiger partial charge in [-0.3, -0.25) is 4.79 Å². The topological polar surface area (TPSA) is 63.9 Å². The van der Waals surface area contributed by atoms with E-state index in [1.807, 2.05) is 29.7 Å². The maximum atomic E-state index is 14.5. The van der Waals surface area contributed by atoms with Gasteiger partial charge in [-0.05, 0) is 50.6 Å². The number of hydrazone groups is 1. The van der Waals surface area contributed by atoms with E-state index in [1.54, 1.807) is 37.3 Å². The van der Waals surface area contributed by atoms with Crippen molar-refractivity contribution >= 4 is 40.3 Å². The molecule has 210 valence electrons. The van der Waals surface area contributed by atoms with E-state index >= 15 is 0 Å². The molecule has 0 saturated heterocycles. The maximum Gasteiger partial charge on any atom is 0.338 e. The van der Waals surface area contributed by atoms with Crippen LogP contribution in [0.15, 0.2) is 59.2 Å². The number of carbonyl (C=O) groups excluding carboxylic acids is 2. The third-order valence-electron chi connectivity index (χ3n) is 6.84. The fourth-order valence-corrected chi connectivity index (χ4v) is 4.75. The van der Waals surface area contributed by atoms with Gasteiger partial charge < -0.3 is 9.30 Å². The lowest BCUT2D eigenvalue weighted by atomic mass is 10.0. The number of hydrogen-bond donors (Lipinski definition) is 0. The van der Waals surface area contributed by atoms with Crippen LogP contribution < -0.4 is 5.01 Å². The molecule has 0 aliphatic carbocycles. The van der Waals surface area contributed by atoms with E-state index in [1.165, 1.54) is 13.0 Å². The number of amides is 1.